The number of benzene rings is 1. The zero-order valence-electron chi connectivity index (χ0n) is 10.8. The summed E-state index contributed by atoms with van der Waals surface area (Å²) in [4.78, 5) is 0.248. The number of sulfonamides is 1. The van der Waals surface area contributed by atoms with Gasteiger partial charge in [-0.15, -0.1) is 0 Å². The van der Waals surface area contributed by atoms with Gasteiger partial charge < -0.3 is 10.5 Å². The van der Waals surface area contributed by atoms with Crippen molar-refractivity contribution in [1.82, 2.24) is 4.31 Å². The molecule has 1 aliphatic rings. The molecule has 0 bridgehead atoms. The number of nitrogens with zero attached hydrogens (tertiary/aromatic N) is 1. The first kappa shape index (κ1) is 14.3. The lowest BCUT2D eigenvalue weighted by molar-refractivity contribution is 0.133. The number of hydrogen-bond donors (Lipinski definition) is 3. The molecule has 0 spiro atoms. The van der Waals surface area contributed by atoms with Gasteiger partial charge in [0.05, 0.1) is 11.0 Å². The van der Waals surface area contributed by atoms with Crippen molar-refractivity contribution in [2.75, 3.05) is 18.5 Å². The Bertz CT molecular complexity index is 528. The van der Waals surface area contributed by atoms with Crippen LogP contribution in [0.4, 0.5) is 5.69 Å². The molecule has 106 valence electrons. The lowest BCUT2D eigenvalue weighted by Crippen LogP contribution is -2.30. The van der Waals surface area contributed by atoms with Crippen LogP contribution in [0.3, 0.4) is 0 Å². The first-order valence-corrected chi connectivity index (χ1v) is 7.64. The number of hydrogen-bond acceptors (Lipinski definition) is 5. The van der Waals surface area contributed by atoms with Crippen LogP contribution in [0.1, 0.15) is 13.3 Å². The van der Waals surface area contributed by atoms with Gasteiger partial charge in [0.25, 0.3) is 0 Å². The van der Waals surface area contributed by atoms with Gasteiger partial charge in [0.1, 0.15) is 0 Å². The van der Waals surface area contributed by atoms with Crippen molar-refractivity contribution in [2.45, 2.75) is 24.3 Å². The largest absolute Gasteiger partial charge is 0.393 e. The summed E-state index contributed by atoms with van der Waals surface area (Å²) < 4.78 is 26.2. The van der Waals surface area contributed by atoms with Crippen molar-refractivity contribution in [1.29, 1.82) is 0 Å². The van der Waals surface area contributed by atoms with E-state index >= 15 is 0 Å². The summed E-state index contributed by atoms with van der Waals surface area (Å²) in [5.41, 5.74) is 3.11. The van der Waals surface area contributed by atoms with E-state index in [1.54, 1.807) is 19.1 Å². The van der Waals surface area contributed by atoms with Crippen LogP contribution in [-0.4, -0.2) is 37.0 Å². The minimum atomic E-state index is -3.48. The molecular formula is C12H19N3O3S. The molecule has 1 aliphatic heterocycles. The van der Waals surface area contributed by atoms with Crippen molar-refractivity contribution in [3.63, 3.8) is 0 Å². The summed E-state index contributed by atoms with van der Waals surface area (Å²) in [5, 5.41) is 9.53. The SMILES string of the molecule is CC(O)C1CCN(S(=O)(=O)c2ccc(NN)cc2)C1. The Balaban J connectivity index is 2.18. The van der Waals surface area contributed by atoms with Crippen molar-refractivity contribution < 1.29 is 13.5 Å². The number of aliphatic hydroxyl groups excluding tert-OH is 1. The number of rotatable bonds is 4. The van der Waals surface area contributed by atoms with Gasteiger partial charge in [0.15, 0.2) is 0 Å². The van der Waals surface area contributed by atoms with Crippen LogP contribution in [0.2, 0.25) is 0 Å². The maximum absolute atomic E-state index is 12.4. The highest BCUT2D eigenvalue weighted by Gasteiger charge is 2.34. The van der Waals surface area contributed by atoms with E-state index in [0.717, 1.165) is 0 Å². The normalized spacial score (nSPS) is 22.4. The molecule has 1 heterocycles. The molecule has 0 radical (unpaired) electrons. The van der Waals surface area contributed by atoms with Crippen molar-refractivity contribution >= 4 is 15.7 Å². The second kappa shape index (κ2) is 5.46. The smallest absolute Gasteiger partial charge is 0.243 e. The molecule has 1 aromatic carbocycles. The quantitative estimate of drug-likeness (QED) is 0.548. The molecule has 2 unspecified atom stereocenters. The second-order valence-electron chi connectivity index (χ2n) is 4.82. The highest BCUT2D eigenvalue weighted by molar-refractivity contribution is 7.89. The number of hydrazine groups is 1. The molecule has 1 fully saturated rings. The lowest BCUT2D eigenvalue weighted by atomic mass is 10.0. The average molecular weight is 285 g/mol. The standard InChI is InChI=1S/C12H19N3O3S/c1-9(16)10-6-7-15(8-10)19(17,18)12-4-2-11(14-13)3-5-12/h2-5,9-10,14,16H,6-8,13H2,1H3. The third kappa shape index (κ3) is 2.89. The van der Waals surface area contributed by atoms with Crippen LogP contribution in [-0.2, 0) is 10.0 Å². The number of aliphatic hydroxyl groups is 1. The molecule has 1 saturated heterocycles. The Kier molecular flexibility index (Phi) is 4.10. The molecule has 4 N–H and O–H groups in total. The zero-order valence-corrected chi connectivity index (χ0v) is 11.6. The first-order valence-electron chi connectivity index (χ1n) is 6.20. The van der Waals surface area contributed by atoms with E-state index in [4.69, 9.17) is 5.84 Å². The minimum absolute atomic E-state index is 0.0137. The summed E-state index contributed by atoms with van der Waals surface area (Å²) in [7, 11) is -3.48. The molecule has 2 atom stereocenters. The fourth-order valence-corrected chi connectivity index (χ4v) is 3.75. The molecule has 0 amide bonds. The van der Waals surface area contributed by atoms with Gasteiger partial charge in [0, 0.05) is 18.8 Å². The molecule has 2 rings (SSSR count). The van der Waals surface area contributed by atoms with Crippen molar-refractivity contribution in [3.8, 4) is 0 Å². The predicted octanol–water partition coefficient (Wildman–Crippen LogP) is 0.364. The number of nitrogen functional groups attached to an aromatic ring is 1. The summed E-state index contributed by atoms with van der Waals surface area (Å²) in [6.45, 7) is 2.52. The Labute approximate surface area is 113 Å². The van der Waals surface area contributed by atoms with Crippen LogP contribution in [0.5, 0.6) is 0 Å². The van der Waals surface area contributed by atoms with Crippen molar-refractivity contribution in [2.24, 2.45) is 11.8 Å². The molecule has 0 saturated carbocycles. The fourth-order valence-electron chi connectivity index (χ4n) is 2.24. The summed E-state index contributed by atoms with van der Waals surface area (Å²) in [5.74, 6) is 5.26. The van der Waals surface area contributed by atoms with Crippen LogP contribution in [0.25, 0.3) is 0 Å². The number of nitrogens with two attached hydrogens (primary N) is 1. The van der Waals surface area contributed by atoms with Gasteiger partial charge in [0.2, 0.25) is 10.0 Å². The van der Waals surface area contributed by atoms with E-state index < -0.39 is 16.1 Å². The summed E-state index contributed by atoms with van der Waals surface area (Å²) >= 11 is 0. The van der Waals surface area contributed by atoms with Crippen LogP contribution in [0.15, 0.2) is 29.2 Å². The van der Waals surface area contributed by atoms with Crippen LogP contribution < -0.4 is 11.3 Å². The predicted molar refractivity (Wildman–Crippen MR) is 72.8 cm³/mol. The van der Waals surface area contributed by atoms with Crippen LogP contribution >= 0.6 is 0 Å². The van der Waals surface area contributed by atoms with Gasteiger partial charge in [-0.3, -0.25) is 5.84 Å². The molecule has 0 aliphatic carbocycles. The van der Waals surface area contributed by atoms with Gasteiger partial charge in [-0.2, -0.15) is 4.31 Å². The van der Waals surface area contributed by atoms with Gasteiger partial charge in [-0.25, -0.2) is 8.42 Å². The topological polar surface area (TPSA) is 95.7 Å². The Morgan fingerprint density at radius 1 is 1.42 bits per heavy atom. The van der Waals surface area contributed by atoms with E-state index in [9.17, 15) is 13.5 Å². The van der Waals surface area contributed by atoms with E-state index in [-0.39, 0.29) is 10.8 Å². The van der Waals surface area contributed by atoms with Gasteiger partial charge in [-0.1, -0.05) is 0 Å². The Morgan fingerprint density at radius 3 is 2.53 bits per heavy atom. The van der Waals surface area contributed by atoms with Crippen LogP contribution in [0, 0.1) is 5.92 Å². The monoisotopic (exact) mass is 285 g/mol. The highest BCUT2D eigenvalue weighted by atomic mass is 32.2. The third-order valence-electron chi connectivity index (χ3n) is 3.53. The van der Waals surface area contributed by atoms with Crippen molar-refractivity contribution in [3.05, 3.63) is 24.3 Å². The summed E-state index contributed by atoms with van der Waals surface area (Å²) in [6.07, 6.45) is 0.211. The minimum Gasteiger partial charge on any atom is -0.393 e. The maximum atomic E-state index is 12.4. The molecule has 1 aromatic rings. The lowest BCUT2D eigenvalue weighted by Gasteiger charge is -2.17. The highest BCUT2D eigenvalue weighted by Crippen LogP contribution is 2.26. The molecule has 0 aromatic heterocycles. The molecule has 19 heavy (non-hydrogen) atoms. The van der Waals surface area contributed by atoms with E-state index in [0.29, 0.717) is 25.2 Å². The van der Waals surface area contributed by atoms with E-state index in [1.807, 2.05) is 0 Å². The zero-order chi connectivity index (χ0) is 14.0. The molecular weight excluding hydrogens is 266 g/mol. The maximum Gasteiger partial charge on any atom is 0.243 e. The second-order valence-corrected chi connectivity index (χ2v) is 6.76. The fraction of sp³-hybridized carbons (Fsp3) is 0.500. The first-order chi connectivity index (χ1) is 8.95. The summed E-state index contributed by atoms with van der Waals surface area (Å²) in [6, 6.07) is 6.30. The molecule has 6 nitrogen and oxygen atoms in total. The van der Waals surface area contributed by atoms with E-state index in [2.05, 4.69) is 5.43 Å². The van der Waals surface area contributed by atoms with Gasteiger partial charge in [-0.05, 0) is 43.5 Å². The third-order valence-corrected chi connectivity index (χ3v) is 5.41. The Hall–Kier alpha value is -1.15. The number of nitrogens with one attached hydrogen (secondary N) is 1. The number of anilines is 1. The average Bonchev–Trinajstić information content (AvgIpc) is 2.89. The molecule has 7 heteroatoms. The Morgan fingerprint density at radius 2 is 2.05 bits per heavy atom. The van der Waals surface area contributed by atoms with E-state index in [1.165, 1.54) is 16.4 Å². The van der Waals surface area contributed by atoms with Gasteiger partial charge >= 0.3 is 0 Å².